The number of rotatable bonds is 9. The number of carbonyl (C=O) groups excluding carboxylic acids is 1. The molecular formula is C17H18N2O6S. The maximum absolute atomic E-state index is 12.1. The molecule has 1 amide bonds. The van der Waals surface area contributed by atoms with Crippen molar-refractivity contribution in [2.24, 2.45) is 5.73 Å². The molecule has 0 aromatic heterocycles. The largest absolute Gasteiger partial charge is 0.370 e. The number of hydrogen-bond acceptors (Lipinski definition) is 6. The van der Waals surface area contributed by atoms with Gasteiger partial charge in [0.15, 0.2) is 0 Å². The van der Waals surface area contributed by atoms with Crippen LogP contribution in [0.4, 0.5) is 5.69 Å². The van der Waals surface area contributed by atoms with Gasteiger partial charge in [-0.2, -0.15) is 8.42 Å². The first kappa shape index (κ1) is 19.5. The molecule has 2 rings (SSSR count). The van der Waals surface area contributed by atoms with Gasteiger partial charge in [-0.1, -0.05) is 24.3 Å². The van der Waals surface area contributed by atoms with Crippen molar-refractivity contribution in [3.05, 3.63) is 58.6 Å². The first-order valence-electron chi connectivity index (χ1n) is 7.83. The quantitative estimate of drug-likeness (QED) is 0.309. The fourth-order valence-corrected chi connectivity index (χ4v) is 3.26. The SMILES string of the molecule is NC(=O)CCCCOS(=O)(=O)c1ccc(-c2ccccc2[N+](=O)[O-])cc1. The first-order chi connectivity index (χ1) is 12.3. The molecule has 9 heteroatoms. The van der Waals surface area contributed by atoms with E-state index in [4.69, 9.17) is 9.92 Å². The Hall–Kier alpha value is -2.78. The number of nitro groups is 1. The van der Waals surface area contributed by atoms with Crippen molar-refractivity contribution < 1.29 is 22.3 Å². The molecule has 0 aliphatic heterocycles. The van der Waals surface area contributed by atoms with Gasteiger partial charge < -0.3 is 5.73 Å². The van der Waals surface area contributed by atoms with Crippen molar-refractivity contribution >= 4 is 21.7 Å². The number of nitro benzene ring substituents is 1. The van der Waals surface area contributed by atoms with E-state index in [1.807, 2.05) is 0 Å². The van der Waals surface area contributed by atoms with Crippen LogP contribution in [-0.2, 0) is 19.1 Å². The van der Waals surface area contributed by atoms with Crippen LogP contribution in [0.25, 0.3) is 11.1 Å². The Labute approximate surface area is 150 Å². The van der Waals surface area contributed by atoms with Crippen LogP contribution < -0.4 is 5.73 Å². The van der Waals surface area contributed by atoms with Gasteiger partial charge in [-0.3, -0.25) is 19.1 Å². The fourth-order valence-electron chi connectivity index (χ4n) is 2.32. The Morgan fingerprint density at radius 2 is 1.73 bits per heavy atom. The molecule has 0 bridgehead atoms. The number of primary amides is 1. The molecular weight excluding hydrogens is 360 g/mol. The topological polar surface area (TPSA) is 130 Å². The van der Waals surface area contributed by atoms with Gasteiger partial charge in [0.25, 0.3) is 15.8 Å². The summed E-state index contributed by atoms with van der Waals surface area (Å²) in [5.41, 5.74) is 5.86. The molecule has 0 unspecified atom stereocenters. The summed E-state index contributed by atoms with van der Waals surface area (Å²) in [4.78, 5) is 21.2. The van der Waals surface area contributed by atoms with Crippen molar-refractivity contribution in [2.75, 3.05) is 6.61 Å². The molecule has 0 aliphatic rings. The predicted molar refractivity (Wildman–Crippen MR) is 94.7 cm³/mol. The number of unbranched alkanes of at least 4 members (excludes halogenated alkanes) is 1. The number of carbonyl (C=O) groups is 1. The van der Waals surface area contributed by atoms with Gasteiger partial charge in [-0.15, -0.1) is 0 Å². The Kier molecular flexibility index (Phi) is 6.42. The highest BCUT2D eigenvalue weighted by molar-refractivity contribution is 7.86. The number of nitrogens with two attached hydrogens (primary N) is 1. The van der Waals surface area contributed by atoms with Crippen LogP contribution in [0.5, 0.6) is 0 Å². The second-order valence-corrected chi connectivity index (χ2v) is 7.11. The Bertz CT molecular complexity index is 894. The van der Waals surface area contributed by atoms with Crippen LogP contribution in [0.15, 0.2) is 53.4 Å². The van der Waals surface area contributed by atoms with Gasteiger partial charge in [0.05, 0.1) is 22.0 Å². The van der Waals surface area contributed by atoms with Gasteiger partial charge in [0, 0.05) is 12.5 Å². The molecule has 8 nitrogen and oxygen atoms in total. The summed E-state index contributed by atoms with van der Waals surface area (Å²) in [7, 11) is -3.94. The van der Waals surface area contributed by atoms with E-state index in [-0.39, 0.29) is 23.6 Å². The number of hydrogen-bond donors (Lipinski definition) is 1. The maximum atomic E-state index is 12.1. The first-order valence-corrected chi connectivity index (χ1v) is 9.23. The lowest BCUT2D eigenvalue weighted by molar-refractivity contribution is -0.384. The van der Waals surface area contributed by atoms with E-state index in [1.165, 1.54) is 30.3 Å². The summed E-state index contributed by atoms with van der Waals surface area (Å²) in [5, 5.41) is 11.1. The Morgan fingerprint density at radius 1 is 1.08 bits per heavy atom. The van der Waals surface area contributed by atoms with Crippen LogP contribution in [0.1, 0.15) is 19.3 Å². The van der Waals surface area contributed by atoms with E-state index < -0.39 is 20.9 Å². The molecule has 0 spiro atoms. The van der Waals surface area contributed by atoms with Gasteiger partial charge in [0.1, 0.15) is 0 Å². The minimum atomic E-state index is -3.94. The van der Waals surface area contributed by atoms with Crippen LogP contribution in [0, 0.1) is 10.1 Å². The van der Waals surface area contributed by atoms with Crippen molar-refractivity contribution in [3.63, 3.8) is 0 Å². The molecule has 0 saturated carbocycles. The van der Waals surface area contributed by atoms with Crippen molar-refractivity contribution in [1.29, 1.82) is 0 Å². The van der Waals surface area contributed by atoms with E-state index in [2.05, 4.69) is 0 Å². The van der Waals surface area contributed by atoms with E-state index in [0.717, 1.165) is 0 Å². The zero-order chi connectivity index (χ0) is 19.2. The molecule has 0 saturated heterocycles. The number of para-hydroxylation sites is 1. The molecule has 0 aliphatic carbocycles. The Balaban J connectivity index is 2.09. The monoisotopic (exact) mass is 378 g/mol. The lowest BCUT2D eigenvalue weighted by atomic mass is 10.0. The van der Waals surface area contributed by atoms with Crippen molar-refractivity contribution in [2.45, 2.75) is 24.2 Å². The summed E-state index contributed by atoms with van der Waals surface area (Å²) in [6.45, 7) is -0.0540. The van der Waals surface area contributed by atoms with Gasteiger partial charge in [-0.05, 0) is 36.6 Å². The predicted octanol–water partition coefficient (Wildman–Crippen LogP) is 2.62. The maximum Gasteiger partial charge on any atom is 0.296 e. The highest BCUT2D eigenvalue weighted by Gasteiger charge is 2.17. The molecule has 0 fully saturated rings. The third-order valence-corrected chi connectivity index (χ3v) is 4.94. The molecule has 2 aromatic carbocycles. The second-order valence-electron chi connectivity index (χ2n) is 5.50. The molecule has 0 heterocycles. The fraction of sp³-hybridized carbons (Fsp3) is 0.235. The average molecular weight is 378 g/mol. The summed E-state index contributed by atoms with van der Waals surface area (Å²) >= 11 is 0. The molecule has 26 heavy (non-hydrogen) atoms. The second kappa shape index (κ2) is 8.54. The third kappa shape index (κ3) is 5.11. The highest BCUT2D eigenvalue weighted by Crippen LogP contribution is 2.30. The van der Waals surface area contributed by atoms with Gasteiger partial charge in [0.2, 0.25) is 5.91 Å². The van der Waals surface area contributed by atoms with E-state index in [0.29, 0.717) is 24.0 Å². The minimum Gasteiger partial charge on any atom is -0.370 e. The molecule has 2 aromatic rings. The zero-order valence-electron chi connectivity index (χ0n) is 13.8. The van der Waals surface area contributed by atoms with E-state index in [9.17, 15) is 23.3 Å². The van der Waals surface area contributed by atoms with Crippen LogP contribution >= 0.6 is 0 Å². The van der Waals surface area contributed by atoms with Crippen LogP contribution in [0.2, 0.25) is 0 Å². The minimum absolute atomic E-state index is 0.0465. The van der Waals surface area contributed by atoms with E-state index in [1.54, 1.807) is 18.2 Å². The van der Waals surface area contributed by atoms with Gasteiger partial charge >= 0.3 is 0 Å². The lowest BCUT2D eigenvalue weighted by Crippen LogP contribution is -2.11. The van der Waals surface area contributed by atoms with E-state index >= 15 is 0 Å². The number of nitrogens with zero attached hydrogens (tertiary/aromatic N) is 1. The van der Waals surface area contributed by atoms with Crippen molar-refractivity contribution in [1.82, 2.24) is 0 Å². The van der Waals surface area contributed by atoms with Crippen LogP contribution in [0.3, 0.4) is 0 Å². The van der Waals surface area contributed by atoms with Gasteiger partial charge in [-0.25, -0.2) is 0 Å². The van der Waals surface area contributed by atoms with Crippen molar-refractivity contribution in [3.8, 4) is 11.1 Å². The molecule has 138 valence electrons. The number of amides is 1. The summed E-state index contributed by atoms with van der Waals surface area (Å²) in [6, 6.07) is 11.9. The number of benzene rings is 2. The lowest BCUT2D eigenvalue weighted by Gasteiger charge is -2.07. The highest BCUT2D eigenvalue weighted by atomic mass is 32.2. The molecule has 0 radical (unpaired) electrons. The standard InChI is InChI=1S/C17H18N2O6S/c18-17(20)7-3-4-12-25-26(23,24)14-10-8-13(9-11-14)15-5-1-2-6-16(15)19(21)22/h1-2,5-6,8-11H,3-4,7,12H2,(H2,18,20). The molecule has 0 atom stereocenters. The Morgan fingerprint density at radius 3 is 2.35 bits per heavy atom. The molecule has 2 N–H and O–H groups in total. The van der Waals surface area contributed by atoms with Crippen LogP contribution in [-0.4, -0.2) is 25.9 Å². The summed E-state index contributed by atoms with van der Waals surface area (Å²) in [6.07, 6.45) is 1.01. The average Bonchev–Trinajstić information content (AvgIpc) is 2.61. The third-order valence-electron chi connectivity index (χ3n) is 3.61. The smallest absolute Gasteiger partial charge is 0.296 e. The summed E-state index contributed by atoms with van der Waals surface area (Å²) in [5.74, 6) is -0.446. The summed E-state index contributed by atoms with van der Waals surface area (Å²) < 4.78 is 29.2. The normalized spacial score (nSPS) is 11.2. The zero-order valence-corrected chi connectivity index (χ0v) is 14.6.